The van der Waals surface area contributed by atoms with E-state index in [4.69, 9.17) is 11.1 Å². The Kier molecular flexibility index (Phi) is 2.12. The Morgan fingerprint density at radius 1 is 1.25 bits per heavy atom. The first kappa shape index (κ1) is 8.70. The van der Waals surface area contributed by atoms with E-state index < -0.39 is 11.6 Å². The van der Waals surface area contributed by atoms with Crippen molar-refractivity contribution in [3.05, 3.63) is 35.9 Å². The van der Waals surface area contributed by atoms with Gasteiger partial charge >= 0.3 is 0 Å². The predicted octanol–water partition coefficient (Wildman–Crippen LogP) is -0.240. The number of nitrogens with one attached hydrogen (secondary N) is 1. The minimum Gasteiger partial charge on any atom is -0.383 e. The molecule has 0 saturated heterocycles. The van der Waals surface area contributed by atoms with Crippen LogP contribution < -0.4 is 5.73 Å². The number of amidine groups is 1. The molecule has 1 aromatic rings. The zero-order valence-electron chi connectivity index (χ0n) is 6.36. The second-order valence-corrected chi connectivity index (χ2v) is 2.45. The van der Waals surface area contributed by atoms with Crippen molar-refractivity contribution in [3.8, 4) is 0 Å². The van der Waals surface area contributed by atoms with Gasteiger partial charge in [-0.3, -0.25) is 5.41 Å². The van der Waals surface area contributed by atoms with Gasteiger partial charge < -0.3 is 15.9 Å². The van der Waals surface area contributed by atoms with Crippen LogP contribution in [0.2, 0.25) is 0 Å². The van der Waals surface area contributed by atoms with Crippen LogP contribution in [0.25, 0.3) is 0 Å². The molecule has 1 rings (SSSR count). The van der Waals surface area contributed by atoms with E-state index in [9.17, 15) is 10.2 Å². The third-order valence-corrected chi connectivity index (χ3v) is 1.55. The standard InChI is InChI=1S/C8H10N2O2/c9-7(10)8(11,12)6-4-2-1-3-5-6/h1-5,11-12H,(H3,9,10). The van der Waals surface area contributed by atoms with Gasteiger partial charge in [0.05, 0.1) is 0 Å². The first-order valence-corrected chi connectivity index (χ1v) is 3.40. The highest BCUT2D eigenvalue weighted by Crippen LogP contribution is 2.16. The van der Waals surface area contributed by atoms with E-state index in [1.807, 2.05) is 0 Å². The summed E-state index contributed by atoms with van der Waals surface area (Å²) in [4.78, 5) is 0. The predicted molar refractivity (Wildman–Crippen MR) is 44.5 cm³/mol. The lowest BCUT2D eigenvalue weighted by atomic mass is 10.1. The minimum atomic E-state index is -2.35. The van der Waals surface area contributed by atoms with Crippen molar-refractivity contribution in [1.82, 2.24) is 0 Å². The SMILES string of the molecule is N=C(N)C(O)(O)c1ccccc1. The van der Waals surface area contributed by atoms with Crippen molar-refractivity contribution in [3.63, 3.8) is 0 Å². The van der Waals surface area contributed by atoms with E-state index in [1.54, 1.807) is 18.2 Å². The van der Waals surface area contributed by atoms with Crippen LogP contribution in [0.3, 0.4) is 0 Å². The highest BCUT2D eigenvalue weighted by molar-refractivity contribution is 5.85. The molecule has 0 unspecified atom stereocenters. The maximum Gasteiger partial charge on any atom is 0.249 e. The average Bonchev–Trinajstić information content (AvgIpc) is 2.06. The Hall–Kier alpha value is -1.39. The third kappa shape index (κ3) is 1.44. The van der Waals surface area contributed by atoms with E-state index in [0.29, 0.717) is 0 Å². The van der Waals surface area contributed by atoms with E-state index in [0.717, 1.165) is 0 Å². The summed E-state index contributed by atoms with van der Waals surface area (Å²) in [7, 11) is 0. The number of hydrogen-bond donors (Lipinski definition) is 4. The summed E-state index contributed by atoms with van der Waals surface area (Å²) in [6, 6.07) is 7.99. The maximum atomic E-state index is 9.27. The van der Waals surface area contributed by atoms with Crippen LogP contribution in [-0.4, -0.2) is 16.0 Å². The molecule has 12 heavy (non-hydrogen) atoms. The van der Waals surface area contributed by atoms with Crippen LogP contribution in [0.5, 0.6) is 0 Å². The molecule has 0 spiro atoms. The Morgan fingerprint density at radius 3 is 2.17 bits per heavy atom. The summed E-state index contributed by atoms with van der Waals surface area (Å²) in [5, 5.41) is 25.5. The van der Waals surface area contributed by atoms with E-state index in [1.165, 1.54) is 12.1 Å². The largest absolute Gasteiger partial charge is 0.383 e. The Morgan fingerprint density at radius 2 is 1.75 bits per heavy atom. The van der Waals surface area contributed by atoms with Crippen LogP contribution in [-0.2, 0) is 5.79 Å². The molecule has 64 valence electrons. The van der Waals surface area contributed by atoms with Gasteiger partial charge in [0.2, 0.25) is 5.79 Å². The van der Waals surface area contributed by atoms with Crippen LogP contribution >= 0.6 is 0 Å². The lowest BCUT2D eigenvalue weighted by molar-refractivity contribution is -0.107. The first-order chi connectivity index (χ1) is 5.55. The van der Waals surface area contributed by atoms with Crippen molar-refractivity contribution in [2.45, 2.75) is 5.79 Å². The molecule has 0 aromatic heterocycles. The first-order valence-electron chi connectivity index (χ1n) is 3.40. The van der Waals surface area contributed by atoms with Crippen LogP contribution in [0.1, 0.15) is 5.56 Å². The Labute approximate surface area is 69.8 Å². The second kappa shape index (κ2) is 2.92. The molecule has 0 bridgehead atoms. The summed E-state index contributed by atoms with van der Waals surface area (Å²) in [5.74, 6) is -3.03. The van der Waals surface area contributed by atoms with Crippen molar-refractivity contribution >= 4 is 5.84 Å². The number of rotatable bonds is 2. The van der Waals surface area contributed by atoms with Crippen molar-refractivity contribution in [1.29, 1.82) is 5.41 Å². The fraction of sp³-hybridized carbons (Fsp3) is 0.125. The Balaban J connectivity index is 3.06. The molecule has 0 amide bonds. The molecule has 0 aliphatic rings. The van der Waals surface area contributed by atoms with Gasteiger partial charge in [-0.1, -0.05) is 30.3 Å². The molecular weight excluding hydrogens is 156 g/mol. The van der Waals surface area contributed by atoms with Gasteiger partial charge in [0.25, 0.3) is 0 Å². The number of hydrogen-bond acceptors (Lipinski definition) is 3. The van der Waals surface area contributed by atoms with Crippen LogP contribution in [0, 0.1) is 5.41 Å². The lowest BCUT2D eigenvalue weighted by Crippen LogP contribution is -2.40. The quantitative estimate of drug-likeness (QED) is 0.277. The fourth-order valence-electron chi connectivity index (χ4n) is 0.826. The Bertz CT molecular complexity index is 282. The summed E-state index contributed by atoms with van der Waals surface area (Å²) >= 11 is 0. The smallest absolute Gasteiger partial charge is 0.249 e. The van der Waals surface area contributed by atoms with Crippen LogP contribution in [0.15, 0.2) is 30.3 Å². The van der Waals surface area contributed by atoms with Crippen LogP contribution in [0.4, 0.5) is 0 Å². The molecule has 0 radical (unpaired) electrons. The van der Waals surface area contributed by atoms with Crippen molar-refractivity contribution in [2.24, 2.45) is 5.73 Å². The van der Waals surface area contributed by atoms with Gasteiger partial charge in [0.1, 0.15) is 0 Å². The zero-order chi connectivity index (χ0) is 9.19. The second-order valence-electron chi connectivity index (χ2n) is 2.45. The average molecular weight is 166 g/mol. The highest BCUT2D eigenvalue weighted by Gasteiger charge is 2.29. The summed E-state index contributed by atoms with van der Waals surface area (Å²) in [5.41, 5.74) is 5.18. The molecule has 0 aliphatic carbocycles. The molecule has 0 atom stereocenters. The van der Waals surface area contributed by atoms with Crippen molar-refractivity contribution in [2.75, 3.05) is 0 Å². The fourth-order valence-corrected chi connectivity index (χ4v) is 0.826. The van der Waals surface area contributed by atoms with Gasteiger partial charge in [0.15, 0.2) is 5.84 Å². The molecular formula is C8H10N2O2. The van der Waals surface area contributed by atoms with Gasteiger partial charge in [0, 0.05) is 5.56 Å². The summed E-state index contributed by atoms with van der Waals surface area (Å²) < 4.78 is 0. The lowest BCUT2D eigenvalue weighted by Gasteiger charge is -2.19. The topological polar surface area (TPSA) is 90.3 Å². The molecule has 1 aromatic carbocycles. The molecule has 5 N–H and O–H groups in total. The molecule has 0 aliphatic heterocycles. The maximum absolute atomic E-state index is 9.27. The van der Waals surface area contributed by atoms with E-state index in [2.05, 4.69) is 0 Å². The van der Waals surface area contributed by atoms with Gasteiger partial charge in [-0.15, -0.1) is 0 Å². The third-order valence-electron chi connectivity index (χ3n) is 1.55. The summed E-state index contributed by atoms with van der Waals surface area (Å²) in [6.07, 6.45) is 0. The van der Waals surface area contributed by atoms with Gasteiger partial charge in [-0.25, -0.2) is 0 Å². The monoisotopic (exact) mass is 166 g/mol. The summed E-state index contributed by atoms with van der Waals surface area (Å²) in [6.45, 7) is 0. The normalized spacial score (nSPS) is 11.2. The highest BCUT2D eigenvalue weighted by atomic mass is 16.5. The number of benzene rings is 1. The minimum absolute atomic E-state index is 0.192. The molecule has 0 saturated carbocycles. The zero-order valence-corrected chi connectivity index (χ0v) is 6.36. The number of nitrogens with two attached hydrogens (primary N) is 1. The van der Waals surface area contributed by atoms with Gasteiger partial charge in [-0.05, 0) is 0 Å². The van der Waals surface area contributed by atoms with Crippen molar-refractivity contribution < 1.29 is 10.2 Å². The van der Waals surface area contributed by atoms with E-state index >= 15 is 0 Å². The molecule has 4 heteroatoms. The molecule has 4 nitrogen and oxygen atoms in total. The molecule has 0 fully saturated rings. The van der Waals surface area contributed by atoms with Gasteiger partial charge in [-0.2, -0.15) is 0 Å². The molecule has 0 heterocycles. The van der Waals surface area contributed by atoms with E-state index in [-0.39, 0.29) is 5.56 Å². The number of aliphatic hydroxyl groups is 2.